The van der Waals surface area contributed by atoms with Gasteiger partial charge in [-0.1, -0.05) is 78.9 Å². The molecule has 51 heavy (non-hydrogen) atoms. The number of hydrogen-bond donors (Lipinski definition) is 5. The lowest BCUT2D eigenvalue weighted by atomic mass is 9.98. The number of benzene rings is 4. The third-order valence-corrected chi connectivity index (χ3v) is 10.2. The van der Waals surface area contributed by atoms with Gasteiger partial charge in [-0.15, -0.1) is 0 Å². The molecular formula is C37H37F3N4O6S. The van der Waals surface area contributed by atoms with Crippen LogP contribution in [0, 0.1) is 0 Å². The van der Waals surface area contributed by atoms with Crippen molar-refractivity contribution < 1.29 is 41.1 Å². The van der Waals surface area contributed by atoms with Crippen molar-refractivity contribution in [2.45, 2.75) is 55.9 Å². The SMILES string of the molecule is C[C@@H](NC(=O)c1cc(C(=O)N[C@@H](Cc2ccccc2)[C@H](O)CNCc2cccc(C(F)(F)F)c2)cc(C2CC(=O)NS2(=O)=O)c1)c1ccccc1. The van der Waals surface area contributed by atoms with Gasteiger partial charge >= 0.3 is 6.18 Å². The molecule has 14 heteroatoms. The molecule has 1 saturated heterocycles. The number of rotatable bonds is 13. The molecule has 5 rings (SSSR count). The largest absolute Gasteiger partial charge is 0.416 e. The molecular weight excluding hydrogens is 685 g/mol. The molecule has 1 fully saturated rings. The average molecular weight is 723 g/mol. The zero-order valence-electron chi connectivity index (χ0n) is 27.5. The maximum Gasteiger partial charge on any atom is 0.416 e. The van der Waals surface area contributed by atoms with Crippen molar-refractivity contribution in [3.8, 4) is 0 Å². The van der Waals surface area contributed by atoms with Crippen molar-refractivity contribution in [2.24, 2.45) is 0 Å². The quantitative estimate of drug-likeness (QED) is 0.136. The van der Waals surface area contributed by atoms with Gasteiger partial charge in [-0.3, -0.25) is 19.1 Å². The van der Waals surface area contributed by atoms with Crippen LogP contribution in [0.5, 0.6) is 0 Å². The minimum atomic E-state index is -4.51. The molecule has 0 saturated carbocycles. The van der Waals surface area contributed by atoms with Gasteiger partial charge in [0, 0.05) is 24.2 Å². The molecule has 3 amide bonds. The highest BCUT2D eigenvalue weighted by molar-refractivity contribution is 7.90. The number of sulfonamides is 1. The minimum absolute atomic E-state index is 0.0114. The van der Waals surface area contributed by atoms with Crippen LogP contribution in [0.15, 0.2) is 103 Å². The fourth-order valence-corrected chi connectivity index (χ4v) is 7.23. The van der Waals surface area contributed by atoms with Crippen molar-refractivity contribution in [3.05, 3.63) is 142 Å². The highest BCUT2D eigenvalue weighted by Gasteiger charge is 2.39. The summed E-state index contributed by atoms with van der Waals surface area (Å²) < 4.78 is 67.1. The van der Waals surface area contributed by atoms with E-state index in [0.717, 1.165) is 23.3 Å². The number of carbonyl (C=O) groups excluding carboxylic acids is 3. The Balaban J connectivity index is 1.39. The van der Waals surface area contributed by atoms with E-state index < -0.39 is 69.3 Å². The number of carbonyl (C=O) groups is 3. The fraction of sp³-hybridized carbons (Fsp3) is 0.270. The molecule has 1 unspecified atom stereocenters. The minimum Gasteiger partial charge on any atom is -0.390 e. The van der Waals surface area contributed by atoms with E-state index >= 15 is 0 Å². The van der Waals surface area contributed by atoms with Gasteiger partial charge in [-0.25, -0.2) is 8.42 Å². The van der Waals surface area contributed by atoms with E-state index in [1.54, 1.807) is 37.3 Å². The molecule has 4 atom stereocenters. The van der Waals surface area contributed by atoms with Gasteiger partial charge in [0.25, 0.3) is 11.8 Å². The van der Waals surface area contributed by atoms with Crippen LogP contribution in [-0.2, 0) is 34.0 Å². The molecule has 268 valence electrons. The molecule has 0 aliphatic carbocycles. The number of hydrogen-bond acceptors (Lipinski definition) is 7. The van der Waals surface area contributed by atoms with Gasteiger partial charge in [0.2, 0.25) is 15.9 Å². The number of nitrogens with one attached hydrogen (secondary N) is 4. The highest BCUT2D eigenvalue weighted by Crippen LogP contribution is 2.32. The maximum atomic E-state index is 13.9. The number of halogens is 3. The second kappa shape index (κ2) is 15.9. The van der Waals surface area contributed by atoms with Gasteiger partial charge in [-0.05, 0) is 59.9 Å². The maximum absolute atomic E-state index is 13.9. The highest BCUT2D eigenvalue weighted by atomic mass is 32.2. The summed E-state index contributed by atoms with van der Waals surface area (Å²) >= 11 is 0. The molecule has 0 spiro atoms. The lowest BCUT2D eigenvalue weighted by molar-refractivity contribution is -0.137. The fourth-order valence-electron chi connectivity index (χ4n) is 5.82. The zero-order chi connectivity index (χ0) is 36.8. The van der Waals surface area contributed by atoms with Gasteiger partial charge in [0.15, 0.2) is 0 Å². The third kappa shape index (κ3) is 9.81. The van der Waals surface area contributed by atoms with Crippen molar-refractivity contribution in [1.82, 2.24) is 20.7 Å². The third-order valence-electron chi connectivity index (χ3n) is 8.52. The summed E-state index contributed by atoms with van der Waals surface area (Å²) in [6.07, 6.45) is -5.97. The Bertz CT molecular complexity index is 1980. The molecule has 0 bridgehead atoms. The summed E-state index contributed by atoms with van der Waals surface area (Å²) in [5, 5.41) is 18.5. The Labute approximate surface area is 293 Å². The summed E-state index contributed by atoms with van der Waals surface area (Å²) in [6.45, 7) is 1.68. The van der Waals surface area contributed by atoms with Crippen LogP contribution >= 0.6 is 0 Å². The molecule has 0 aromatic heterocycles. The van der Waals surface area contributed by atoms with E-state index in [4.69, 9.17) is 0 Å². The van der Waals surface area contributed by atoms with Crippen LogP contribution in [0.25, 0.3) is 0 Å². The normalized spacial score (nSPS) is 17.2. The lowest BCUT2D eigenvalue weighted by Gasteiger charge is -2.25. The van der Waals surface area contributed by atoms with E-state index in [1.807, 2.05) is 35.1 Å². The lowest BCUT2D eigenvalue weighted by Crippen LogP contribution is -2.48. The molecule has 1 aliphatic heterocycles. The zero-order valence-corrected chi connectivity index (χ0v) is 28.3. The smallest absolute Gasteiger partial charge is 0.390 e. The Kier molecular flexibility index (Phi) is 11.6. The predicted molar refractivity (Wildman–Crippen MR) is 184 cm³/mol. The van der Waals surface area contributed by atoms with Crippen LogP contribution in [0.1, 0.15) is 73.2 Å². The molecule has 10 nitrogen and oxygen atoms in total. The standard InChI is InChI=1S/C37H37F3N4O6S/c1-23(26-12-6-3-7-13-26)42-35(47)28-17-27(33-20-34(46)44-51(33,49)50)18-29(19-28)36(48)43-31(16-24-9-4-2-5-10-24)32(45)22-41-21-25-11-8-14-30(15-25)37(38,39)40/h2-15,17-19,23,31-33,41,45H,16,20-22H2,1H3,(H,42,47)(H,43,48)(H,44,46)/t23-,31+,32-,33?/m1/s1. The Morgan fingerprint density at radius 2 is 1.47 bits per heavy atom. The topological polar surface area (TPSA) is 154 Å². The van der Waals surface area contributed by atoms with Crippen molar-refractivity contribution in [2.75, 3.05) is 6.54 Å². The van der Waals surface area contributed by atoms with E-state index in [9.17, 15) is 41.1 Å². The van der Waals surface area contributed by atoms with Gasteiger partial charge < -0.3 is 21.1 Å². The van der Waals surface area contributed by atoms with Gasteiger partial charge in [0.05, 0.1) is 30.2 Å². The van der Waals surface area contributed by atoms with Crippen LogP contribution in [0.2, 0.25) is 0 Å². The van der Waals surface area contributed by atoms with Crippen LogP contribution in [0.3, 0.4) is 0 Å². The summed E-state index contributed by atoms with van der Waals surface area (Å²) in [5.74, 6) is -2.03. The number of alkyl halides is 3. The Morgan fingerprint density at radius 1 is 0.863 bits per heavy atom. The first-order chi connectivity index (χ1) is 24.2. The summed E-state index contributed by atoms with van der Waals surface area (Å²) in [4.78, 5) is 39.4. The van der Waals surface area contributed by atoms with Gasteiger partial charge in [0.1, 0.15) is 5.25 Å². The molecule has 5 N–H and O–H groups in total. The molecule has 1 aliphatic rings. The number of amides is 3. The number of aliphatic hydroxyl groups excluding tert-OH is 1. The molecule has 0 radical (unpaired) electrons. The molecule has 4 aromatic carbocycles. The van der Waals surface area contributed by atoms with E-state index in [2.05, 4.69) is 16.0 Å². The monoisotopic (exact) mass is 722 g/mol. The summed E-state index contributed by atoms with van der Waals surface area (Å²) in [5.41, 5.74) is 1.09. The first-order valence-electron chi connectivity index (χ1n) is 16.1. The second-order valence-corrected chi connectivity index (χ2v) is 14.2. The van der Waals surface area contributed by atoms with E-state index in [-0.39, 0.29) is 36.2 Å². The van der Waals surface area contributed by atoms with Crippen molar-refractivity contribution in [3.63, 3.8) is 0 Å². The predicted octanol–water partition coefficient (Wildman–Crippen LogP) is 4.58. The Morgan fingerprint density at radius 3 is 2.08 bits per heavy atom. The molecule has 4 aromatic rings. The van der Waals surface area contributed by atoms with Crippen molar-refractivity contribution in [1.29, 1.82) is 0 Å². The molecule has 1 heterocycles. The second-order valence-electron chi connectivity index (χ2n) is 12.4. The van der Waals surface area contributed by atoms with E-state index in [0.29, 0.717) is 5.56 Å². The van der Waals surface area contributed by atoms with E-state index in [1.165, 1.54) is 30.3 Å². The summed E-state index contributed by atoms with van der Waals surface area (Å²) in [6, 6.07) is 25.5. The van der Waals surface area contributed by atoms with Crippen molar-refractivity contribution >= 4 is 27.7 Å². The van der Waals surface area contributed by atoms with Crippen LogP contribution < -0.4 is 20.7 Å². The number of aliphatic hydroxyl groups is 1. The summed E-state index contributed by atoms with van der Waals surface area (Å²) in [7, 11) is -4.14. The first kappa shape index (κ1) is 37.2. The Hall–Kier alpha value is -5.05. The van der Waals surface area contributed by atoms with Crippen LogP contribution in [-0.4, -0.2) is 49.9 Å². The first-order valence-corrected chi connectivity index (χ1v) is 17.7. The average Bonchev–Trinajstić information content (AvgIpc) is 3.39. The van der Waals surface area contributed by atoms with Crippen LogP contribution in [0.4, 0.5) is 13.2 Å². The van der Waals surface area contributed by atoms with Gasteiger partial charge in [-0.2, -0.15) is 13.2 Å².